The number of benzene rings is 1. The zero-order valence-corrected chi connectivity index (χ0v) is 13.4. The summed E-state index contributed by atoms with van der Waals surface area (Å²) in [5, 5.41) is 2.93. The summed E-state index contributed by atoms with van der Waals surface area (Å²) in [4.78, 5) is 8.08. The molecule has 0 atom stereocenters. The van der Waals surface area contributed by atoms with Crippen LogP contribution in [0.25, 0.3) is 0 Å². The number of hydrogen-bond acceptors (Lipinski definition) is 5. The normalized spacial score (nSPS) is 10.1. The summed E-state index contributed by atoms with van der Waals surface area (Å²) in [6.07, 6.45) is 1.44. The number of nitrogens with one attached hydrogen (secondary N) is 1. The van der Waals surface area contributed by atoms with Crippen molar-refractivity contribution in [3.8, 4) is 17.4 Å². The van der Waals surface area contributed by atoms with Gasteiger partial charge in [0.15, 0.2) is 0 Å². The van der Waals surface area contributed by atoms with Crippen LogP contribution in [-0.2, 0) is 0 Å². The van der Waals surface area contributed by atoms with E-state index in [2.05, 4.69) is 47.1 Å². The second kappa shape index (κ2) is 6.21. The Labute approximate surface area is 127 Å². The number of rotatable bonds is 4. The molecule has 5 nitrogen and oxygen atoms in total. The molecule has 0 fully saturated rings. The molecule has 1 aromatic heterocycles. The zero-order chi connectivity index (χ0) is 13.8. The molecule has 7 heteroatoms. The van der Waals surface area contributed by atoms with Gasteiger partial charge in [-0.1, -0.05) is 0 Å². The Morgan fingerprint density at radius 1 is 1.05 bits per heavy atom. The van der Waals surface area contributed by atoms with Crippen LogP contribution < -0.4 is 14.8 Å². The van der Waals surface area contributed by atoms with Crippen molar-refractivity contribution in [2.75, 3.05) is 19.5 Å². The summed E-state index contributed by atoms with van der Waals surface area (Å²) >= 11 is 6.84. The maximum absolute atomic E-state index is 5.71. The van der Waals surface area contributed by atoms with Crippen molar-refractivity contribution in [3.63, 3.8) is 0 Å². The number of hydrogen-bond donors (Lipinski definition) is 1. The van der Waals surface area contributed by atoms with Crippen molar-refractivity contribution in [3.05, 3.63) is 33.5 Å². The molecule has 0 aliphatic rings. The van der Waals surface area contributed by atoms with Gasteiger partial charge in [0.25, 0.3) is 0 Å². The predicted molar refractivity (Wildman–Crippen MR) is 80.0 cm³/mol. The molecule has 0 unspecified atom stereocenters. The van der Waals surface area contributed by atoms with Crippen molar-refractivity contribution >= 4 is 37.7 Å². The Kier molecular flexibility index (Phi) is 4.60. The molecule has 0 aliphatic heterocycles. The molecule has 2 rings (SSSR count). The second-order valence-electron chi connectivity index (χ2n) is 3.51. The Balaban J connectivity index is 2.30. The van der Waals surface area contributed by atoms with Crippen LogP contribution in [-0.4, -0.2) is 24.1 Å². The van der Waals surface area contributed by atoms with Crippen LogP contribution in [0.1, 0.15) is 0 Å². The Hall–Kier alpha value is -1.34. The molecule has 100 valence electrons. The highest BCUT2D eigenvalue weighted by molar-refractivity contribution is 9.11. The van der Waals surface area contributed by atoms with E-state index >= 15 is 0 Å². The molecule has 1 heterocycles. The first kappa shape index (κ1) is 14.1. The Bertz CT molecular complexity index is 593. The topological polar surface area (TPSA) is 56.3 Å². The summed E-state index contributed by atoms with van der Waals surface area (Å²) in [6, 6.07) is 5.34. The van der Waals surface area contributed by atoms with Gasteiger partial charge in [0, 0.05) is 13.1 Å². The summed E-state index contributed by atoms with van der Waals surface area (Å²) in [5.74, 6) is 2.50. The predicted octanol–water partition coefficient (Wildman–Crippen LogP) is 3.84. The lowest BCUT2D eigenvalue weighted by atomic mass is 10.3. The fraction of sp³-hybridized carbons (Fsp3) is 0.167. The standard InChI is InChI=1S/C12H11Br2N3O2/c1-15-11-5-12(17-6-16-11)19-10-4-7(13)9(18-2)3-8(10)14/h3-6H,1-2H3,(H,15,16,17). The van der Waals surface area contributed by atoms with Crippen molar-refractivity contribution in [2.45, 2.75) is 0 Å². The van der Waals surface area contributed by atoms with Crippen LogP contribution in [0.15, 0.2) is 33.5 Å². The first-order valence-electron chi connectivity index (χ1n) is 5.34. The molecule has 1 aromatic carbocycles. The second-order valence-corrected chi connectivity index (χ2v) is 5.22. The first-order chi connectivity index (χ1) is 9.13. The lowest BCUT2D eigenvalue weighted by molar-refractivity contribution is 0.408. The van der Waals surface area contributed by atoms with E-state index in [1.807, 2.05) is 12.1 Å². The Morgan fingerprint density at radius 3 is 2.42 bits per heavy atom. The molecule has 1 N–H and O–H groups in total. The van der Waals surface area contributed by atoms with Crippen LogP contribution in [0, 0.1) is 0 Å². The molecule has 0 aliphatic carbocycles. The molecule has 0 amide bonds. The number of methoxy groups -OCH3 is 1. The summed E-state index contributed by atoms with van der Waals surface area (Å²) in [7, 11) is 3.39. The fourth-order valence-electron chi connectivity index (χ4n) is 1.39. The smallest absolute Gasteiger partial charge is 0.224 e. The number of nitrogens with zero attached hydrogens (tertiary/aromatic N) is 2. The SMILES string of the molecule is CNc1cc(Oc2cc(Br)c(OC)cc2Br)ncn1. The van der Waals surface area contributed by atoms with Crippen LogP contribution in [0.5, 0.6) is 17.4 Å². The van der Waals surface area contributed by atoms with Gasteiger partial charge < -0.3 is 14.8 Å². The Morgan fingerprint density at radius 2 is 1.74 bits per heavy atom. The third-order valence-corrected chi connectivity index (χ3v) is 3.56. The number of ether oxygens (including phenoxy) is 2. The summed E-state index contributed by atoms with van der Waals surface area (Å²) < 4.78 is 12.5. The van der Waals surface area contributed by atoms with E-state index in [0.29, 0.717) is 17.4 Å². The van der Waals surface area contributed by atoms with Crippen molar-refractivity contribution < 1.29 is 9.47 Å². The van der Waals surface area contributed by atoms with Crippen LogP contribution in [0.4, 0.5) is 5.82 Å². The van der Waals surface area contributed by atoms with Crippen LogP contribution >= 0.6 is 31.9 Å². The molecule has 0 saturated heterocycles. The molecule has 0 bridgehead atoms. The van der Waals surface area contributed by atoms with E-state index in [1.165, 1.54) is 6.33 Å². The number of halogens is 2. The largest absolute Gasteiger partial charge is 0.496 e. The molecule has 19 heavy (non-hydrogen) atoms. The van der Waals surface area contributed by atoms with Crippen molar-refractivity contribution in [1.29, 1.82) is 0 Å². The van der Waals surface area contributed by atoms with Crippen molar-refractivity contribution in [2.24, 2.45) is 0 Å². The highest BCUT2D eigenvalue weighted by Gasteiger charge is 2.10. The van der Waals surface area contributed by atoms with Gasteiger partial charge >= 0.3 is 0 Å². The van der Waals surface area contributed by atoms with Crippen LogP contribution in [0.2, 0.25) is 0 Å². The van der Waals surface area contributed by atoms with Gasteiger partial charge in [-0.15, -0.1) is 0 Å². The first-order valence-corrected chi connectivity index (χ1v) is 6.93. The summed E-state index contributed by atoms with van der Waals surface area (Å²) in [5.41, 5.74) is 0. The van der Waals surface area contributed by atoms with Gasteiger partial charge in [0.2, 0.25) is 5.88 Å². The molecule has 0 spiro atoms. The average molecular weight is 389 g/mol. The van der Waals surface area contributed by atoms with E-state index in [4.69, 9.17) is 9.47 Å². The molecule has 0 saturated carbocycles. The van der Waals surface area contributed by atoms with Gasteiger partial charge in [-0.2, -0.15) is 0 Å². The van der Waals surface area contributed by atoms with Gasteiger partial charge in [-0.05, 0) is 44.0 Å². The lowest BCUT2D eigenvalue weighted by Crippen LogP contribution is -1.95. The van der Waals surface area contributed by atoms with Gasteiger partial charge in [-0.3, -0.25) is 0 Å². The molecule has 2 aromatic rings. The van der Waals surface area contributed by atoms with Gasteiger partial charge in [0.05, 0.1) is 16.1 Å². The van der Waals surface area contributed by atoms with E-state index in [-0.39, 0.29) is 0 Å². The van der Waals surface area contributed by atoms with Crippen LogP contribution in [0.3, 0.4) is 0 Å². The maximum Gasteiger partial charge on any atom is 0.224 e. The van der Waals surface area contributed by atoms with E-state index < -0.39 is 0 Å². The highest BCUT2D eigenvalue weighted by Crippen LogP contribution is 2.37. The monoisotopic (exact) mass is 387 g/mol. The third-order valence-electron chi connectivity index (χ3n) is 2.32. The summed E-state index contributed by atoms with van der Waals surface area (Å²) in [6.45, 7) is 0. The minimum atomic E-state index is 0.456. The fourth-order valence-corrected chi connectivity index (χ4v) is 2.28. The van der Waals surface area contributed by atoms with Gasteiger partial charge in [0.1, 0.15) is 23.6 Å². The average Bonchev–Trinajstić information content (AvgIpc) is 2.42. The minimum Gasteiger partial charge on any atom is -0.496 e. The lowest BCUT2D eigenvalue weighted by Gasteiger charge is -2.10. The van der Waals surface area contributed by atoms with E-state index in [0.717, 1.165) is 14.7 Å². The maximum atomic E-state index is 5.71. The number of aromatic nitrogens is 2. The molecular formula is C12H11Br2N3O2. The molecular weight excluding hydrogens is 378 g/mol. The van der Waals surface area contributed by atoms with E-state index in [1.54, 1.807) is 20.2 Å². The quantitative estimate of drug-likeness (QED) is 0.862. The zero-order valence-electron chi connectivity index (χ0n) is 10.3. The molecule has 0 radical (unpaired) electrons. The van der Waals surface area contributed by atoms with Gasteiger partial charge in [-0.25, -0.2) is 9.97 Å². The third kappa shape index (κ3) is 3.36. The van der Waals surface area contributed by atoms with Crippen molar-refractivity contribution in [1.82, 2.24) is 9.97 Å². The van der Waals surface area contributed by atoms with E-state index in [9.17, 15) is 0 Å². The minimum absolute atomic E-state index is 0.456. The number of anilines is 1. The highest BCUT2D eigenvalue weighted by atomic mass is 79.9.